The molecule has 0 spiro atoms. The first kappa shape index (κ1) is 16.5. The smallest absolute Gasteiger partial charge is 0.217 e. The number of hydrogen-bond acceptors (Lipinski definition) is 5. The van der Waals surface area contributed by atoms with Crippen LogP contribution in [0.1, 0.15) is 19.3 Å². The number of fused-ring (bicyclic) bond motifs is 1. The SMILES string of the molecule is N#CCC1(n2cc(-c3ccnc4[nH]ccc34)cn2)CN(S(=O)(=O)C2CC2)C1. The molecule has 9 heteroatoms. The van der Waals surface area contributed by atoms with Crippen LogP contribution in [0.3, 0.4) is 0 Å². The van der Waals surface area contributed by atoms with Crippen molar-refractivity contribution >= 4 is 21.1 Å². The highest BCUT2D eigenvalue weighted by molar-refractivity contribution is 7.90. The number of aromatic nitrogens is 4. The molecule has 1 aliphatic carbocycles. The maximum absolute atomic E-state index is 12.4. The molecule has 0 radical (unpaired) electrons. The Morgan fingerprint density at radius 2 is 2.15 bits per heavy atom. The van der Waals surface area contributed by atoms with Crippen LogP contribution in [-0.4, -0.2) is 50.8 Å². The van der Waals surface area contributed by atoms with E-state index >= 15 is 0 Å². The lowest BCUT2D eigenvalue weighted by atomic mass is 9.89. The van der Waals surface area contributed by atoms with Crippen LogP contribution in [0.5, 0.6) is 0 Å². The van der Waals surface area contributed by atoms with E-state index in [0.717, 1.165) is 35.0 Å². The van der Waals surface area contributed by atoms with Crippen molar-refractivity contribution in [1.29, 1.82) is 5.26 Å². The molecule has 1 aliphatic heterocycles. The minimum absolute atomic E-state index is 0.223. The average Bonchev–Trinajstić information content (AvgIpc) is 3.19. The second-order valence-electron chi connectivity index (χ2n) is 7.34. The van der Waals surface area contributed by atoms with Gasteiger partial charge in [0.1, 0.15) is 11.2 Å². The summed E-state index contributed by atoms with van der Waals surface area (Å²) < 4.78 is 28.2. The van der Waals surface area contributed by atoms with Crippen molar-refractivity contribution in [2.24, 2.45) is 0 Å². The quantitative estimate of drug-likeness (QED) is 0.724. The van der Waals surface area contributed by atoms with Crippen molar-refractivity contribution in [2.45, 2.75) is 30.1 Å². The number of aromatic amines is 1. The molecule has 2 aliphatic rings. The van der Waals surface area contributed by atoms with Crippen molar-refractivity contribution in [3.63, 3.8) is 0 Å². The van der Waals surface area contributed by atoms with E-state index in [1.165, 1.54) is 4.31 Å². The number of hydrogen-bond donors (Lipinski definition) is 1. The summed E-state index contributed by atoms with van der Waals surface area (Å²) >= 11 is 0. The van der Waals surface area contributed by atoms with Crippen LogP contribution in [-0.2, 0) is 15.6 Å². The van der Waals surface area contributed by atoms with Gasteiger partial charge >= 0.3 is 0 Å². The van der Waals surface area contributed by atoms with E-state index in [4.69, 9.17) is 0 Å². The zero-order valence-electron chi connectivity index (χ0n) is 14.5. The second kappa shape index (κ2) is 5.65. The Labute approximate surface area is 156 Å². The number of sulfonamides is 1. The van der Waals surface area contributed by atoms with E-state index in [2.05, 4.69) is 21.1 Å². The molecule has 27 heavy (non-hydrogen) atoms. The van der Waals surface area contributed by atoms with E-state index < -0.39 is 15.6 Å². The third kappa shape index (κ3) is 2.48. The molecule has 5 rings (SSSR count). The summed E-state index contributed by atoms with van der Waals surface area (Å²) in [6.45, 7) is 0.604. The highest BCUT2D eigenvalue weighted by atomic mass is 32.2. The zero-order chi connectivity index (χ0) is 18.6. The summed E-state index contributed by atoms with van der Waals surface area (Å²) in [5.74, 6) is 0. The minimum Gasteiger partial charge on any atom is -0.346 e. The summed E-state index contributed by atoms with van der Waals surface area (Å²) in [5, 5.41) is 14.6. The summed E-state index contributed by atoms with van der Waals surface area (Å²) in [7, 11) is -3.22. The molecule has 3 aromatic rings. The third-order valence-corrected chi connectivity index (χ3v) is 7.79. The molecule has 1 N–H and O–H groups in total. The van der Waals surface area contributed by atoms with Crippen molar-refractivity contribution in [1.82, 2.24) is 24.1 Å². The Morgan fingerprint density at radius 1 is 1.33 bits per heavy atom. The van der Waals surface area contributed by atoms with E-state index in [1.807, 2.05) is 24.5 Å². The van der Waals surface area contributed by atoms with Gasteiger partial charge in [-0.3, -0.25) is 4.68 Å². The highest BCUT2D eigenvalue weighted by Crippen LogP contribution is 2.40. The topological polar surface area (TPSA) is 108 Å². The molecular weight excluding hydrogens is 364 g/mol. The molecule has 0 unspecified atom stereocenters. The van der Waals surface area contributed by atoms with E-state index in [-0.39, 0.29) is 11.7 Å². The first-order valence-electron chi connectivity index (χ1n) is 8.87. The number of H-pyrrole nitrogens is 1. The Morgan fingerprint density at radius 3 is 2.89 bits per heavy atom. The van der Waals surface area contributed by atoms with Crippen LogP contribution in [0, 0.1) is 11.3 Å². The monoisotopic (exact) mass is 382 g/mol. The molecule has 1 saturated carbocycles. The van der Waals surface area contributed by atoms with Crippen LogP contribution >= 0.6 is 0 Å². The van der Waals surface area contributed by atoms with Crippen molar-refractivity contribution in [3.8, 4) is 17.2 Å². The maximum atomic E-state index is 12.4. The average molecular weight is 382 g/mol. The zero-order valence-corrected chi connectivity index (χ0v) is 15.4. The molecule has 1 saturated heterocycles. The number of pyridine rings is 1. The Bertz CT molecular complexity index is 1160. The first-order chi connectivity index (χ1) is 13.0. The van der Waals surface area contributed by atoms with Gasteiger partial charge in [0.25, 0.3) is 0 Å². The van der Waals surface area contributed by atoms with Crippen LogP contribution in [0.25, 0.3) is 22.2 Å². The molecule has 0 aromatic carbocycles. The van der Waals surface area contributed by atoms with E-state index in [9.17, 15) is 13.7 Å². The van der Waals surface area contributed by atoms with Gasteiger partial charge < -0.3 is 4.98 Å². The molecule has 0 amide bonds. The van der Waals surface area contributed by atoms with Crippen LogP contribution in [0.15, 0.2) is 36.9 Å². The van der Waals surface area contributed by atoms with Crippen molar-refractivity contribution < 1.29 is 8.42 Å². The molecule has 2 fully saturated rings. The fraction of sp³-hybridized carbons (Fsp3) is 0.389. The Kier molecular flexibility index (Phi) is 3.44. The minimum atomic E-state index is -3.22. The fourth-order valence-corrected chi connectivity index (χ4v) is 5.78. The lowest BCUT2D eigenvalue weighted by molar-refractivity contribution is 0.0716. The largest absolute Gasteiger partial charge is 0.346 e. The predicted octanol–water partition coefficient (Wildman–Crippen LogP) is 1.84. The molecule has 0 atom stereocenters. The molecule has 0 bridgehead atoms. The normalized spacial score (nSPS) is 19.7. The Balaban J connectivity index is 1.47. The van der Waals surface area contributed by atoms with Gasteiger partial charge in [-0.1, -0.05) is 0 Å². The molecular formula is C18H18N6O2S. The van der Waals surface area contributed by atoms with Crippen molar-refractivity contribution in [3.05, 3.63) is 36.9 Å². The summed E-state index contributed by atoms with van der Waals surface area (Å²) in [6.07, 6.45) is 8.95. The lowest BCUT2D eigenvalue weighted by Gasteiger charge is -2.48. The number of nitrogens with one attached hydrogen (secondary N) is 1. The van der Waals surface area contributed by atoms with Gasteiger partial charge in [-0.2, -0.15) is 14.7 Å². The van der Waals surface area contributed by atoms with Gasteiger partial charge in [0.15, 0.2) is 0 Å². The van der Waals surface area contributed by atoms with Gasteiger partial charge in [-0.15, -0.1) is 0 Å². The number of nitrogens with zero attached hydrogens (tertiary/aromatic N) is 5. The van der Waals surface area contributed by atoms with Gasteiger partial charge in [-0.25, -0.2) is 13.4 Å². The molecule has 3 aromatic heterocycles. The van der Waals surface area contributed by atoms with E-state index in [0.29, 0.717) is 13.1 Å². The Hall–Kier alpha value is -2.70. The lowest BCUT2D eigenvalue weighted by Crippen LogP contribution is -2.64. The van der Waals surface area contributed by atoms with E-state index in [1.54, 1.807) is 17.1 Å². The van der Waals surface area contributed by atoms with Gasteiger partial charge in [0, 0.05) is 42.6 Å². The summed E-state index contributed by atoms with van der Waals surface area (Å²) in [6, 6.07) is 6.10. The van der Waals surface area contributed by atoms with Crippen LogP contribution in [0.4, 0.5) is 0 Å². The van der Waals surface area contributed by atoms with Gasteiger partial charge in [0.2, 0.25) is 10.0 Å². The summed E-state index contributed by atoms with van der Waals surface area (Å²) in [5.41, 5.74) is 2.13. The standard InChI is InChI=1S/C18H18N6O2S/c19-6-5-18(11-23(12-18)27(25,26)14-1-2-14)24-10-13(9-22-24)15-3-7-20-17-16(15)4-8-21-17/h3-4,7-10,14H,1-2,5,11-12H2,(H,20,21). The number of rotatable bonds is 5. The van der Waals surface area contributed by atoms with Gasteiger partial charge in [-0.05, 0) is 30.5 Å². The molecule has 4 heterocycles. The predicted molar refractivity (Wildman–Crippen MR) is 99.0 cm³/mol. The highest BCUT2D eigenvalue weighted by Gasteiger charge is 2.53. The fourth-order valence-electron chi connectivity index (χ4n) is 3.79. The third-order valence-electron chi connectivity index (χ3n) is 5.49. The number of nitriles is 1. The second-order valence-corrected chi connectivity index (χ2v) is 9.56. The van der Waals surface area contributed by atoms with Crippen LogP contribution in [0.2, 0.25) is 0 Å². The molecule has 8 nitrogen and oxygen atoms in total. The van der Waals surface area contributed by atoms with Crippen LogP contribution < -0.4 is 0 Å². The summed E-state index contributed by atoms with van der Waals surface area (Å²) in [4.78, 5) is 7.39. The van der Waals surface area contributed by atoms with Crippen molar-refractivity contribution in [2.75, 3.05) is 13.1 Å². The maximum Gasteiger partial charge on any atom is 0.217 e. The first-order valence-corrected chi connectivity index (χ1v) is 10.4. The molecule has 138 valence electrons. The van der Waals surface area contributed by atoms with Gasteiger partial charge in [0.05, 0.1) is 23.9 Å².